The smallest absolute Gasteiger partial charge is 0.310 e. The molecule has 2 unspecified atom stereocenters. The number of nitrogens with one attached hydrogen (secondary N) is 1. The Balaban J connectivity index is 1.62. The fourth-order valence-electron chi connectivity index (χ4n) is 3.45. The zero-order valence-corrected chi connectivity index (χ0v) is 14.8. The predicted molar refractivity (Wildman–Crippen MR) is 92.0 cm³/mol. The van der Waals surface area contributed by atoms with E-state index >= 15 is 0 Å². The third kappa shape index (κ3) is 3.76. The van der Waals surface area contributed by atoms with E-state index in [1.807, 2.05) is 0 Å². The second kappa shape index (κ2) is 7.67. The summed E-state index contributed by atoms with van der Waals surface area (Å²) in [5.74, 6) is -0.169. The largest absolute Gasteiger partial charge is 0.469 e. The molecule has 0 bridgehead atoms. The molecule has 1 N–H and O–H groups in total. The number of rotatable bonds is 4. The average molecular weight is 361 g/mol. The number of nitrogens with zero attached hydrogens (tertiary/aromatic N) is 4. The van der Waals surface area contributed by atoms with E-state index in [1.165, 1.54) is 13.2 Å². The molecule has 1 fully saturated rings. The second-order valence-electron chi connectivity index (χ2n) is 6.61. The number of carbonyl (C=O) groups is 3. The maximum absolute atomic E-state index is 12.5. The number of anilines is 1. The van der Waals surface area contributed by atoms with Gasteiger partial charge in [0.2, 0.25) is 17.8 Å². The quantitative estimate of drug-likeness (QED) is 0.614. The van der Waals surface area contributed by atoms with E-state index in [1.54, 1.807) is 9.58 Å². The molecule has 140 valence electrons. The molecule has 9 heteroatoms. The van der Waals surface area contributed by atoms with Gasteiger partial charge in [-0.1, -0.05) is 6.58 Å². The molecule has 0 saturated carbocycles. The highest BCUT2D eigenvalue weighted by Crippen LogP contribution is 2.22. The normalized spacial score (nSPS) is 22.3. The van der Waals surface area contributed by atoms with Crippen LogP contribution in [0, 0.1) is 11.8 Å². The van der Waals surface area contributed by atoms with Crippen LogP contribution in [0.5, 0.6) is 0 Å². The van der Waals surface area contributed by atoms with Gasteiger partial charge in [-0.05, 0) is 25.3 Å². The third-order valence-electron chi connectivity index (χ3n) is 4.91. The van der Waals surface area contributed by atoms with E-state index in [0.29, 0.717) is 38.9 Å². The van der Waals surface area contributed by atoms with Gasteiger partial charge in [0, 0.05) is 19.5 Å². The molecule has 2 aliphatic rings. The highest BCUT2D eigenvalue weighted by atomic mass is 16.5. The Hall–Kier alpha value is -2.71. The molecule has 1 saturated heterocycles. The first-order chi connectivity index (χ1) is 12.5. The number of ether oxygens (including phenoxy) is 1. The van der Waals surface area contributed by atoms with E-state index in [9.17, 15) is 14.4 Å². The van der Waals surface area contributed by atoms with Gasteiger partial charge in [0.25, 0.3) is 0 Å². The monoisotopic (exact) mass is 361 g/mol. The number of hydrogen-bond donors (Lipinski definition) is 1. The minimum absolute atomic E-state index is 0.160. The molecule has 2 amide bonds. The summed E-state index contributed by atoms with van der Waals surface area (Å²) in [5, 5.41) is 7.03. The molecule has 26 heavy (non-hydrogen) atoms. The van der Waals surface area contributed by atoms with E-state index in [0.717, 1.165) is 12.2 Å². The van der Waals surface area contributed by atoms with Crippen molar-refractivity contribution in [2.45, 2.75) is 32.2 Å². The van der Waals surface area contributed by atoms with Gasteiger partial charge in [0.1, 0.15) is 5.82 Å². The molecule has 9 nitrogen and oxygen atoms in total. The van der Waals surface area contributed by atoms with Crippen LogP contribution in [0.1, 0.15) is 25.1 Å². The van der Waals surface area contributed by atoms with Crippen molar-refractivity contribution in [2.24, 2.45) is 11.8 Å². The number of carbonyl (C=O) groups excluding carboxylic acids is 3. The van der Waals surface area contributed by atoms with Gasteiger partial charge in [0.15, 0.2) is 0 Å². The van der Waals surface area contributed by atoms with Gasteiger partial charge in [0.05, 0.1) is 25.5 Å². The van der Waals surface area contributed by atoms with Crippen LogP contribution in [0.25, 0.3) is 0 Å². The molecular weight excluding hydrogens is 338 g/mol. The molecule has 1 aromatic heterocycles. The molecular formula is C17H23N5O4. The Morgan fingerprint density at radius 3 is 2.81 bits per heavy atom. The number of aryl methyl sites for hydroxylation is 1. The molecule has 0 radical (unpaired) electrons. The number of piperidine rings is 1. The molecule has 1 aromatic rings. The van der Waals surface area contributed by atoms with Crippen LogP contribution in [-0.4, -0.2) is 57.6 Å². The summed E-state index contributed by atoms with van der Waals surface area (Å²) in [6.45, 7) is 4.90. The molecule has 0 spiro atoms. The Morgan fingerprint density at radius 2 is 2.08 bits per heavy atom. The molecule has 3 rings (SSSR count). The van der Waals surface area contributed by atoms with Gasteiger partial charge in [-0.15, -0.1) is 5.10 Å². The summed E-state index contributed by atoms with van der Waals surface area (Å²) in [6, 6.07) is 0. The molecule has 2 aliphatic heterocycles. The van der Waals surface area contributed by atoms with Gasteiger partial charge in [-0.25, -0.2) is 4.68 Å². The van der Waals surface area contributed by atoms with E-state index < -0.39 is 0 Å². The summed E-state index contributed by atoms with van der Waals surface area (Å²) in [5.41, 5.74) is 0. The first-order valence-corrected chi connectivity index (χ1v) is 8.75. The van der Waals surface area contributed by atoms with Crippen molar-refractivity contribution < 1.29 is 19.1 Å². The van der Waals surface area contributed by atoms with Crippen LogP contribution in [0.15, 0.2) is 12.7 Å². The number of hydrogen-bond acceptors (Lipinski definition) is 6. The minimum Gasteiger partial charge on any atom is -0.469 e. The van der Waals surface area contributed by atoms with Crippen molar-refractivity contribution in [1.29, 1.82) is 0 Å². The SMILES string of the molecule is C=CC(=O)N1CCCC(C(=O)Nc2nc3n(n2)CC(C(=O)OC)CC3)C1. The minimum atomic E-state index is -0.295. The first kappa shape index (κ1) is 18.1. The topological polar surface area (TPSA) is 106 Å². The first-order valence-electron chi connectivity index (χ1n) is 8.75. The highest BCUT2D eigenvalue weighted by Gasteiger charge is 2.30. The predicted octanol–water partition coefficient (Wildman–Crippen LogP) is 0.377. The number of likely N-dealkylation sites (tertiary alicyclic amines) is 1. The molecule has 2 atom stereocenters. The zero-order valence-electron chi connectivity index (χ0n) is 14.8. The standard InChI is InChI=1S/C17H23N5O4/c1-3-14(23)21-8-4-5-11(9-21)15(24)19-17-18-13-7-6-12(16(25)26-2)10-22(13)20-17/h3,11-12H,1,4-10H2,2H3,(H,19,20,24). The van der Waals surface area contributed by atoms with Crippen LogP contribution in [0.3, 0.4) is 0 Å². The third-order valence-corrected chi connectivity index (χ3v) is 4.91. The van der Waals surface area contributed by atoms with Gasteiger partial charge in [-0.2, -0.15) is 4.98 Å². The number of methoxy groups -OCH3 is 1. The average Bonchev–Trinajstić information content (AvgIpc) is 3.08. The van der Waals surface area contributed by atoms with Crippen molar-refractivity contribution >= 4 is 23.7 Å². The number of aromatic nitrogens is 3. The zero-order chi connectivity index (χ0) is 18.7. The number of esters is 1. The molecule has 0 aliphatic carbocycles. The summed E-state index contributed by atoms with van der Waals surface area (Å²) >= 11 is 0. The molecule has 3 heterocycles. The Labute approximate surface area is 151 Å². The van der Waals surface area contributed by atoms with Crippen LogP contribution in [0.2, 0.25) is 0 Å². The van der Waals surface area contributed by atoms with Crippen molar-refractivity contribution in [1.82, 2.24) is 19.7 Å². The maximum atomic E-state index is 12.5. The van der Waals surface area contributed by atoms with Crippen molar-refractivity contribution in [2.75, 3.05) is 25.5 Å². The number of fused-ring (bicyclic) bond motifs is 1. The lowest BCUT2D eigenvalue weighted by Gasteiger charge is -2.31. The maximum Gasteiger partial charge on any atom is 0.310 e. The summed E-state index contributed by atoms with van der Waals surface area (Å²) in [7, 11) is 1.37. The summed E-state index contributed by atoms with van der Waals surface area (Å²) in [4.78, 5) is 41.9. The summed E-state index contributed by atoms with van der Waals surface area (Å²) < 4.78 is 6.43. The van der Waals surface area contributed by atoms with E-state index in [4.69, 9.17) is 4.74 Å². The van der Waals surface area contributed by atoms with Crippen molar-refractivity contribution in [3.8, 4) is 0 Å². The Kier molecular flexibility index (Phi) is 5.34. The lowest BCUT2D eigenvalue weighted by Crippen LogP contribution is -2.43. The fraction of sp³-hybridized carbons (Fsp3) is 0.588. The van der Waals surface area contributed by atoms with Crippen molar-refractivity contribution in [3.63, 3.8) is 0 Å². The second-order valence-corrected chi connectivity index (χ2v) is 6.61. The number of amides is 2. The van der Waals surface area contributed by atoms with Crippen molar-refractivity contribution in [3.05, 3.63) is 18.5 Å². The van der Waals surface area contributed by atoms with E-state index in [-0.39, 0.29) is 35.6 Å². The fourth-order valence-corrected chi connectivity index (χ4v) is 3.45. The van der Waals surface area contributed by atoms with Crippen LogP contribution >= 0.6 is 0 Å². The highest BCUT2D eigenvalue weighted by molar-refractivity contribution is 5.92. The molecule has 0 aromatic carbocycles. The van der Waals surface area contributed by atoms with Gasteiger partial charge in [-0.3, -0.25) is 19.7 Å². The summed E-state index contributed by atoms with van der Waals surface area (Å²) in [6.07, 6.45) is 4.01. The Bertz CT molecular complexity index is 729. The lowest BCUT2D eigenvalue weighted by atomic mass is 9.97. The van der Waals surface area contributed by atoms with Gasteiger partial charge >= 0.3 is 5.97 Å². The van der Waals surface area contributed by atoms with Crippen LogP contribution < -0.4 is 5.32 Å². The Morgan fingerprint density at radius 1 is 1.27 bits per heavy atom. The van der Waals surface area contributed by atoms with Crippen LogP contribution in [0.4, 0.5) is 5.95 Å². The van der Waals surface area contributed by atoms with Gasteiger partial charge < -0.3 is 9.64 Å². The lowest BCUT2D eigenvalue weighted by molar-refractivity contribution is -0.146. The van der Waals surface area contributed by atoms with E-state index in [2.05, 4.69) is 22.0 Å². The van der Waals surface area contributed by atoms with Crippen LogP contribution in [-0.2, 0) is 32.1 Å².